The predicted octanol–water partition coefficient (Wildman–Crippen LogP) is -0.889. The van der Waals surface area contributed by atoms with E-state index < -0.39 is 18.0 Å². The van der Waals surface area contributed by atoms with Crippen molar-refractivity contribution in [1.29, 1.82) is 5.26 Å². The maximum Gasteiger partial charge on any atom is 1.00 e. The molecule has 0 aliphatic heterocycles. The molecule has 1 atom stereocenters. The predicted molar refractivity (Wildman–Crippen MR) is 115 cm³/mol. The van der Waals surface area contributed by atoms with Crippen molar-refractivity contribution < 1.29 is 54.5 Å². The first-order valence-electron chi connectivity index (χ1n) is 9.58. The fraction of sp³-hybridized carbons (Fsp3) is 0.130. The molecule has 0 aliphatic rings. The van der Waals surface area contributed by atoms with Crippen LogP contribution in [0, 0.1) is 11.3 Å². The summed E-state index contributed by atoms with van der Waals surface area (Å²) in [5.41, 5.74) is 8.01. The van der Waals surface area contributed by atoms with Crippen molar-refractivity contribution in [3.63, 3.8) is 0 Å². The standard InChI is InChI=1S/C23H20N4O5.Na/c24-12-17-16(11-18(27-22(17)25)15-6-1-2-7-19(15)28)13-4-3-5-14(10-13)26-23(32)20(29)8-9-21(30)31;/h1-7,10-11,20,28-29H,8-9H2,(H2,25,27)(H,26,32)(H,30,31);/q;+1/p-1. The molecule has 5 N–H and O–H groups in total. The molecule has 0 fully saturated rings. The molecule has 3 aromatic rings. The maximum absolute atomic E-state index is 12.2. The van der Waals surface area contributed by atoms with Crippen LogP contribution in [0.25, 0.3) is 22.4 Å². The monoisotopic (exact) mass is 454 g/mol. The zero-order valence-electron chi connectivity index (χ0n) is 17.8. The number of nitriles is 1. The quantitative estimate of drug-likeness (QED) is 0.333. The summed E-state index contributed by atoms with van der Waals surface area (Å²) in [6.07, 6.45) is -2.06. The van der Waals surface area contributed by atoms with Crippen molar-refractivity contribution in [1.82, 2.24) is 4.98 Å². The number of aliphatic carboxylic acids is 1. The van der Waals surface area contributed by atoms with Gasteiger partial charge in [0, 0.05) is 17.7 Å². The number of carboxylic acids is 1. The summed E-state index contributed by atoms with van der Waals surface area (Å²) < 4.78 is 0. The third-order valence-corrected chi connectivity index (χ3v) is 4.70. The first-order chi connectivity index (χ1) is 15.3. The topological polar surface area (TPSA) is 172 Å². The number of benzene rings is 2. The van der Waals surface area contributed by atoms with E-state index in [1.165, 1.54) is 6.07 Å². The number of carboxylic acid groups (broad SMARTS) is 1. The summed E-state index contributed by atoms with van der Waals surface area (Å²) in [4.78, 5) is 27.0. The van der Waals surface area contributed by atoms with Gasteiger partial charge in [-0.2, -0.15) is 5.26 Å². The van der Waals surface area contributed by atoms with Gasteiger partial charge in [-0.3, -0.25) is 9.59 Å². The van der Waals surface area contributed by atoms with Crippen molar-refractivity contribution in [2.24, 2.45) is 0 Å². The fourth-order valence-corrected chi connectivity index (χ4v) is 3.11. The Bertz CT molecular complexity index is 1230. The van der Waals surface area contributed by atoms with E-state index in [1.54, 1.807) is 48.5 Å². The number of nitrogens with one attached hydrogen (secondary N) is 1. The van der Waals surface area contributed by atoms with Gasteiger partial charge in [-0.1, -0.05) is 42.1 Å². The van der Waals surface area contributed by atoms with Crippen molar-refractivity contribution in [3.8, 4) is 34.2 Å². The molecule has 10 heteroatoms. The summed E-state index contributed by atoms with van der Waals surface area (Å²) >= 11 is 0. The molecule has 0 bridgehead atoms. The summed E-state index contributed by atoms with van der Waals surface area (Å²) in [5.74, 6) is -2.15. The van der Waals surface area contributed by atoms with Crippen molar-refractivity contribution in [2.45, 2.75) is 18.9 Å². The Morgan fingerprint density at radius 2 is 1.88 bits per heavy atom. The van der Waals surface area contributed by atoms with E-state index in [2.05, 4.69) is 10.3 Å². The van der Waals surface area contributed by atoms with Gasteiger partial charge in [0.05, 0.1) is 5.69 Å². The number of aliphatic hydroxyl groups excluding tert-OH is 1. The van der Waals surface area contributed by atoms with Gasteiger partial charge < -0.3 is 26.4 Å². The van der Waals surface area contributed by atoms with Gasteiger partial charge in [0.15, 0.2) is 0 Å². The van der Waals surface area contributed by atoms with E-state index in [0.717, 1.165) is 0 Å². The minimum atomic E-state index is -1.49. The SMILES string of the molecule is N#Cc1c(-c2cccc(NC(=O)C(O)CCC(=O)O)c2)cc(-c2ccccc2[O-])nc1N.[Na+]. The molecular weight excluding hydrogens is 435 g/mol. The fourth-order valence-electron chi connectivity index (χ4n) is 3.11. The van der Waals surface area contributed by atoms with Crippen molar-refractivity contribution >= 4 is 23.4 Å². The van der Waals surface area contributed by atoms with Crippen LogP contribution >= 0.6 is 0 Å². The number of nitrogen functional groups attached to an aromatic ring is 1. The van der Waals surface area contributed by atoms with Crippen molar-refractivity contribution in [2.75, 3.05) is 11.1 Å². The first-order valence-corrected chi connectivity index (χ1v) is 9.58. The normalized spacial score (nSPS) is 11.0. The molecule has 1 amide bonds. The van der Waals surface area contributed by atoms with Gasteiger partial charge in [0.2, 0.25) is 0 Å². The average molecular weight is 454 g/mol. The van der Waals surface area contributed by atoms with Gasteiger partial charge in [-0.25, -0.2) is 4.98 Å². The molecule has 1 aromatic heterocycles. The van der Waals surface area contributed by atoms with Crippen LogP contribution < -0.4 is 45.7 Å². The zero-order valence-corrected chi connectivity index (χ0v) is 19.8. The number of para-hydroxylation sites is 1. The summed E-state index contributed by atoms with van der Waals surface area (Å²) in [5, 5.41) is 42.9. The molecule has 33 heavy (non-hydrogen) atoms. The molecule has 0 radical (unpaired) electrons. The smallest absolute Gasteiger partial charge is 0.872 e. The Balaban J connectivity index is 0.00000385. The number of nitrogens with zero attached hydrogens (tertiary/aromatic N) is 2. The van der Waals surface area contributed by atoms with Gasteiger partial charge >= 0.3 is 35.5 Å². The number of hydrogen-bond acceptors (Lipinski definition) is 7. The number of pyridine rings is 1. The van der Waals surface area contributed by atoms with E-state index in [1.807, 2.05) is 6.07 Å². The zero-order chi connectivity index (χ0) is 23.3. The van der Waals surface area contributed by atoms with Crippen molar-refractivity contribution in [3.05, 3.63) is 60.2 Å². The number of aromatic nitrogens is 1. The molecular formula is C23H19N4NaO5. The van der Waals surface area contributed by atoms with E-state index in [-0.39, 0.29) is 59.5 Å². The van der Waals surface area contributed by atoms with E-state index >= 15 is 0 Å². The first kappa shape index (κ1) is 25.8. The van der Waals surface area contributed by atoms with Gasteiger partial charge in [0.25, 0.3) is 5.91 Å². The largest absolute Gasteiger partial charge is 1.00 e. The number of carbonyl (C=O) groups is 2. The number of anilines is 2. The second kappa shape index (κ2) is 11.4. The Labute approximate surface area is 211 Å². The van der Waals surface area contributed by atoms with E-state index in [0.29, 0.717) is 28.1 Å². The van der Waals surface area contributed by atoms with Crippen LogP contribution in [0.15, 0.2) is 54.6 Å². The molecule has 0 spiro atoms. The van der Waals surface area contributed by atoms with Crippen LogP contribution in [0.5, 0.6) is 5.75 Å². The molecule has 1 unspecified atom stereocenters. The third kappa shape index (κ3) is 6.31. The molecule has 9 nitrogen and oxygen atoms in total. The minimum Gasteiger partial charge on any atom is -0.872 e. The van der Waals surface area contributed by atoms with Gasteiger partial charge in [0.1, 0.15) is 23.6 Å². The second-order valence-corrected chi connectivity index (χ2v) is 6.94. The van der Waals surface area contributed by atoms with Gasteiger partial charge in [-0.15, -0.1) is 0 Å². The molecule has 0 aliphatic carbocycles. The van der Waals surface area contributed by atoms with Crippen LogP contribution in [0.3, 0.4) is 0 Å². The number of nitrogens with two attached hydrogens (primary N) is 1. The Hall–Kier alpha value is -3.42. The van der Waals surface area contributed by atoms with E-state index in [9.17, 15) is 25.1 Å². The maximum atomic E-state index is 12.2. The number of aliphatic hydroxyl groups is 1. The Kier molecular flexibility index (Phi) is 8.96. The molecule has 3 rings (SSSR count). The number of rotatable bonds is 7. The Morgan fingerprint density at radius 1 is 1.15 bits per heavy atom. The molecule has 0 saturated heterocycles. The third-order valence-electron chi connectivity index (χ3n) is 4.70. The second-order valence-electron chi connectivity index (χ2n) is 6.94. The molecule has 1 heterocycles. The molecule has 2 aromatic carbocycles. The summed E-state index contributed by atoms with van der Waals surface area (Å²) in [6, 6.07) is 16.4. The molecule has 162 valence electrons. The number of hydrogen-bond donors (Lipinski definition) is 4. The Morgan fingerprint density at radius 3 is 2.55 bits per heavy atom. The number of amides is 1. The number of carbonyl (C=O) groups excluding carboxylic acids is 1. The average Bonchev–Trinajstić information content (AvgIpc) is 2.77. The van der Waals surface area contributed by atoms with Crippen LogP contribution in [0.1, 0.15) is 18.4 Å². The molecule has 0 saturated carbocycles. The summed E-state index contributed by atoms with van der Waals surface area (Å²) in [6.45, 7) is 0. The minimum absolute atomic E-state index is 0. The van der Waals surface area contributed by atoms with E-state index in [4.69, 9.17) is 10.8 Å². The summed E-state index contributed by atoms with van der Waals surface area (Å²) in [7, 11) is 0. The van der Waals surface area contributed by atoms with Crippen LogP contribution in [-0.4, -0.2) is 33.2 Å². The van der Waals surface area contributed by atoms with Crippen LogP contribution in [0.2, 0.25) is 0 Å². The van der Waals surface area contributed by atoms with Gasteiger partial charge in [-0.05, 0) is 35.7 Å². The van der Waals surface area contributed by atoms with Crippen LogP contribution in [-0.2, 0) is 9.59 Å². The van der Waals surface area contributed by atoms with Crippen LogP contribution in [0.4, 0.5) is 11.5 Å².